The molecule has 2 aromatic rings. The summed E-state index contributed by atoms with van der Waals surface area (Å²) in [5.41, 5.74) is 0.0782. The molecule has 1 aromatic heterocycles. The Bertz CT molecular complexity index is 764. The molecule has 3 rings (SSSR count). The Morgan fingerprint density at radius 3 is 2.64 bits per heavy atom. The van der Waals surface area contributed by atoms with Gasteiger partial charge >= 0.3 is 5.97 Å². The Balaban J connectivity index is 2.14. The van der Waals surface area contributed by atoms with Crippen molar-refractivity contribution in [1.82, 2.24) is 9.78 Å². The number of aromatic nitrogens is 2. The van der Waals surface area contributed by atoms with Crippen LogP contribution in [-0.4, -0.2) is 22.4 Å². The van der Waals surface area contributed by atoms with E-state index in [1.807, 2.05) is 0 Å². The Morgan fingerprint density at radius 2 is 2.05 bits per heavy atom. The van der Waals surface area contributed by atoms with E-state index in [0.29, 0.717) is 5.56 Å². The second-order valence-corrected chi connectivity index (χ2v) is 5.16. The second kappa shape index (κ2) is 5.71. The zero-order valence-corrected chi connectivity index (χ0v) is 12.1. The molecule has 5 nitrogen and oxygen atoms in total. The van der Waals surface area contributed by atoms with E-state index in [1.54, 1.807) is 11.6 Å². The van der Waals surface area contributed by atoms with E-state index in [-0.39, 0.29) is 23.9 Å². The van der Waals surface area contributed by atoms with Gasteiger partial charge in [-0.25, -0.2) is 9.18 Å². The van der Waals surface area contributed by atoms with Gasteiger partial charge in [-0.1, -0.05) is 0 Å². The van der Waals surface area contributed by atoms with Crippen molar-refractivity contribution in [1.29, 1.82) is 0 Å². The molecule has 0 spiro atoms. The fourth-order valence-electron chi connectivity index (χ4n) is 2.19. The average molecular weight is 302 g/mol. The van der Waals surface area contributed by atoms with Crippen LogP contribution in [0.4, 0.5) is 4.39 Å². The third-order valence-electron chi connectivity index (χ3n) is 3.47. The minimum Gasteiger partial charge on any atom is -0.462 e. The molecule has 22 heavy (non-hydrogen) atoms. The van der Waals surface area contributed by atoms with Gasteiger partial charge in [-0.05, 0) is 44.0 Å². The zero-order chi connectivity index (χ0) is 15.7. The summed E-state index contributed by atoms with van der Waals surface area (Å²) in [6.45, 7) is 1.87. The molecule has 1 aliphatic rings. The molecule has 1 heterocycles. The number of benzene rings is 1. The lowest BCUT2D eigenvalue weighted by Crippen LogP contribution is -2.23. The summed E-state index contributed by atoms with van der Waals surface area (Å²) < 4.78 is 19.6. The summed E-state index contributed by atoms with van der Waals surface area (Å²) in [5.74, 6) is -1.06. The van der Waals surface area contributed by atoms with Crippen molar-refractivity contribution in [3.63, 3.8) is 0 Å². The van der Waals surface area contributed by atoms with E-state index in [4.69, 9.17) is 4.74 Å². The summed E-state index contributed by atoms with van der Waals surface area (Å²) in [6.07, 6.45) is 3.37. The third-order valence-corrected chi connectivity index (χ3v) is 3.47. The molecule has 1 aliphatic carbocycles. The van der Waals surface area contributed by atoms with Crippen LogP contribution in [0.1, 0.15) is 36.2 Å². The number of carbonyl (C=O) groups excluding carboxylic acids is 1. The van der Waals surface area contributed by atoms with E-state index in [0.717, 1.165) is 12.8 Å². The molecule has 0 bridgehead atoms. The van der Waals surface area contributed by atoms with Crippen molar-refractivity contribution in [3.8, 4) is 11.3 Å². The number of hydrogen-bond acceptors (Lipinski definition) is 4. The molecule has 0 unspecified atom stereocenters. The summed E-state index contributed by atoms with van der Waals surface area (Å²) in [5, 5.41) is 4.31. The number of ether oxygens (including phenoxy) is 1. The third kappa shape index (κ3) is 2.77. The maximum absolute atomic E-state index is 13.1. The van der Waals surface area contributed by atoms with E-state index < -0.39 is 17.2 Å². The number of nitrogens with zero attached hydrogens (tertiary/aromatic N) is 2. The molecule has 6 heteroatoms. The first kappa shape index (κ1) is 14.4. The minimum atomic E-state index is -0.660. The molecule has 1 fully saturated rings. The molecule has 0 radical (unpaired) electrons. The summed E-state index contributed by atoms with van der Waals surface area (Å²) in [4.78, 5) is 24.5. The van der Waals surface area contributed by atoms with Crippen LogP contribution >= 0.6 is 0 Å². The number of hydrogen-bond donors (Lipinski definition) is 0. The smallest absolute Gasteiger partial charge is 0.343 e. The van der Waals surface area contributed by atoms with Gasteiger partial charge in [-0.15, -0.1) is 0 Å². The quantitative estimate of drug-likeness (QED) is 0.814. The van der Waals surface area contributed by atoms with Gasteiger partial charge in [0.1, 0.15) is 17.1 Å². The monoisotopic (exact) mass is 302 g/mol. The van der Waals surface area contributed by atoms with Gasteiger partial charge in [-0.2, -0.15) is 5.10 Å². The van der Waals surface area contributed by atoms with Crippen LogP contribution in [0.3, 0.4) is 0 Å². The summed E-state index contributed by atoms with van der Waals surface area (Å²) in [6, 6.07) is 5.67. The number of rotatable bonds is 4. The van der Waals surface area contributed by atoms with Crippen LogP contribution in [0.25, 0.3) is 11.3 Å². The molecule has 0 N–H and O–H groups in total. The lowest BCUT2D eigenvalue weighted by atomic mass is 10.1. The molecular weight excluding hydrogens is 287 g/mol. The van der Waals surface area contributed by atoms with Crippen LogP contribution in [-0.2, 0) is 4.74 Å². The highest BCUT2D eigenvalue weighted by atomic mass is 19.1. The van der Waals surface area contributed by atoms with Gasteiger partial charge in [0.15, 0.2) is 0 Å². The van der Waals surface area contributed by atoms with Crippen molar-refractivity contribution in [2.24, 2.45) is 0 Å². The lowest BCUT2D eigenvalue weighted by molar-refractivity contribution is 0.0523. The van der Waals surface area contributed by atoms with Crippen molar-refractivity contribution in [2.75, 3.05) is 6.61 Å². The predicted molar refractivity (Wildman–Crippen MR) is 78.1 cm³/mol. The second-order valence-electron chi connectivity index (χ2n) is 5.16. The molecule has 0 aliphatic heterocycles. The number of halogens is 1. The lowest BCUT2D eigenvalue weighted by Gasteiger charge is -2.10. The van der Waals surface area contributed by atoms with Gasteiger partial charge < -0.3 is 4.74 Å². The van der Waals surface area contributed by atoms with Crippen molar-refractivity contribution < 1.29 is 13.9 Å². The molecule has 1 aromatic carbocycles. The van der Waals surface area contributed by atoms with Gasteiger partial charge in [0.2, 0.25) is 5.43 Å². The molecular formula is C16H15FN2O3. The predicted octanol–water partition coefficient (Wildman–Crippen LogP) is 2.56. The molecule has 1 saturated carbocycles. The Hall–Kier alpha value is -2.50. The van der Waals surface area contributed by atoms with Gasteiger partial charge in [0, 0.05) is 11.8 Å². The Kier molecular flexibility index (Phi) is 3.75. The first-order chi connectivity index (χ1) is 10.6. The first-order valence-corrected chi connectivity index (χ1v) is 7.16. The standard InChI is InChI=1S/C16H15FN2O3/c1-2-22-16(21)13-9-19(12-7-8-12)18-14(15(13)20)10-3-5-11(17)6-4-10/h3-6,9,12H,2,7-8H2,1H3. The van der Waals surface area contributed by atoms with Crippen LogP contribution in [0, 0.1) is 5.82 Å². The van der Waals surface area contributed by atoms with E-state index in [1.165, 1.54) is 30.5 Å². The van der Waals surface area contributed by atoms with Crippen molar-refractivity contribution in [2.45, 2.75) is 25.8 Å². The molecule has 0 atom stereocenters. The normalized spacial score (nSPS) is 13.9. The minimum absolute atomic E-state index is 0.0388. The van der Waals surface area contributed by atoms with E-state index >= 15 is 0 Å². The fourth-order valence-corrected chi connectivity index (χ4v) is 2.19. The topological polar surface area (TPSA) is 61.2 Å². The number of carbonyl (C=O) groups is 1. The van der Waals surface area contributed by atoms with Gasteiger partial charge in [0.25, 0.3) is 0 Å². The summed E-state index contributed by atoms with van der Waals surface area (Å²) in [7, 11) is 0. The Labute approximate surface area is 126 Å². The van der Waals surface area contributed by atoms with Crippen LogP contribution in [0.2, 0.25) is 0 Å². The largest absolute Gasteiger partial charge is 0.462 e. The van der Waals surface area contributed by atoms with Crippen LogP contribution in [0.5, 0.6) is 0 Å². The van der Waals surface area contributed by atoms with Gasteiger partial charge in [0.05, 0.1) is 12.6 Å². The first-order valence-electron chi connectivity index (χ1n) is 7.16. The number of esters is 1. The highest BCUT2D eigenvalue weighted by Gasteiger charge is 2.27. The maximum Gasteiger partial charge on any atom is 0.343 e. The van der Waals surface area contributed by atoms with Crippen LogP contribution < -0.4 is 5.43 Å². The van der Waals surface area contributed by atoms with E-state index in [9.17, 15) is 14.0 Å². The highest BCUT2D eigenvalue weighted by molar-refractivity contribution is 5.90. The fraction of sp³-hybridized carbons (Fsp3) is 0.312. The molecule has 0 amide bonds. The Morgan fingerprint density at radius 1 is 1.36 bits per heavy atom. The molecule has 114 valence electrons. The highest BCUT2D eigenvalue weighted by Crippen LogP contribution is 2.34. The maximum atomic E-state index is 13.1. The van der Waals surface area contributed by atoms with E-state index in [2.05, 4.69) is 5.10 Å². The summed E-state index contributed by atoms with van der Waals surface area (Å²) >= 11 is 0. The van der Waals surface area contributed by atoms with Crippen LogP contribution in [0.15, 0.2) is 35.3 Å². The van der Waals surface area contributed by atoms with Gasteiger partial charge in [-0.3, -0.25) is 9.48 Å². The SMILES string of the molecule is CCOC(=O)c1cn(C2CC2)nc(-c2ccc(F)cc2)c1=O. The zero-order valence-electron chi connectivity index (χ0n) is 12.1. The van der Waals surface area contributed by atoms with Crippen molar-refractivity contribution >= 4 is 5.97 Å². The average Bonchev–Trinajstić information content (AvgIpc) is 3.33. The molecule has 0 saturated heterocycles. The van der Waals surface area contributed by atoms with Crippen molar-refractivity contribution in [3.05, 3.63) is 52.1 Å².